The predicted molar refractivity (Wildman–Crippen MR) is 87.8 cm³/mol. The van der Waals surface area contributed by atoms with Crippen molar-refractivity contribution in [2.45, 2.75) is 25.2 Å². The van der Waals surface area contributed by atoms with Crippen LogP contribution in [0.15, 0.2) is 47.4 Å². The molecule has 2 rings (SSSR count). The van der Waals surface area contributed by atoms with Crippen LogP contribution in [0.4, 0.5) is 5.69 Å². The van der Waals surface area contributed by atoms with Crippen LogP contribution in [0.1, 0.15) is 16.7 Å². The van der Waals surface area contributed by atoms with Gasteiger partial charge in [0.25, 0.3) is 0 Å². The molecule has 2 aromatic carbocycles. The molecule has 0 atom stereocenters. The summed E-state index contributed by atoms with van der Waals surface area (Å²) >= 11 is 0. The maximum Gasteiger partial charge on any atom is 0.228 e. The number of hydrogen-bond acceptors (Lipinski definition) is 3. The molecule has 1 amide bonds. The smallest absolute Gasteiger partial charge is 0.228 e. The summed E-state index contributed by atoms with van der Waals surface area (Å²) in [6, 6.07) is 12.1. The first-order valence-corrected chi connectivity index (χ1v) is 8.81. The van der Waals surface area contributed by atoms with Gasteiger partial charge in [-0.3, -0.25) is 4.79 Å². The molecule has 0 spiro atoms. The highest BCUT2D eigenvalue weighted by atomic mass is 32.2. The lowest BCUT2D eigenvalue weighted by atomic mass is 10.1. The molecule has 0 unspecified atom stereocenters. The van der Waals surface area contributed by atoms with E-state index in [2.05, 4.69) is 5.32 Å². The summed E-state index contributed by atoms with van der Waals surface area (Å²) in [5, 5.41) is 2.85. The minimum atomic E-state index is -3.21. The lowest BCUT2D eigenvalue weighted by molar-refractivity contribution is -0.115. The Bertz CT molecular complexity index is 793. The fraction of sp³-hybridized carbons (Fsp3) is 0.235. The second kappa shape index (κ2) is 6.32. The maximum absolute atomic E-state index is 12.0. The lowest BCUT2D eigenvalue weighted by Gasteiger charge is -2.08. The fourth-order valence-electron chi connectivity index (χ4n) is 2.06. The van der Waals surface area contributed by atoms with Gasteiger partial charge in [0.15, 0.2) is 9.84 Å². The molecule has 0 saturated heterocycles. The molecule has 0 aliphatic carbocycles. The van der Waals surface area contributed by atoms with Gasteiger partial charge in [0.2, 0.25) is 5.91 Å². The zero-order chi connectivity index (χ0) is 16.3. The maximum atomic E-state index is 12.0. The largest absolute Gasteiger partial charge is 0.326 e. The molecule has 0 saturated carbocycles. The average Bonchev–Trinajstić information content (AvgIpc) is 2.42. The van der Waals surface area contributed by atoms with Crippen LogP contribution in [0.3, 0.4) is 0 Å². The molecule has 0 aromatic heterocycles. The Morgan fingerprint density at radius 2 is 1.64 bits per heavy atom. The van der Waals surface area contributed by atoms with Crippen LogP contribution in [0.2, 0.25) is 0 Å². The van der Waals surface area contributed by atoms with E-state index < -0.39 is 9.84 Å². The molecule has 0 aliphatic heterocycles. The molecular weight excluding hydrogens is 298 g/mol. The highest BCUT2D eigenvalue weighted by Gasteiger charge is 2.08. The van der Waals surface area contributed by atoms with Gasteiger partial charge in [-0.05, 0) is 54.8 Å². The van der Waals surface area contributed by atoms with Crippen molar-refractivity contribution in [1.82, 2.24) is 0 Å². The Morgan fingerprint density at radius 3 is 2.18 bits per heavy atom. The number of anilines is 1. The van der Waals surface area contributed by atoms with Gasteiger partial charge in [0, 0.05) is 11.9 Å². The van der Waals surface area contributed by atoms with Crippen LogP contribution >= 0.6 is 0 Å². The van der Waals surface area contributed by atoms with Crippen LogP contribution in [0.25, 0.3) is 0 Å². The number of carbonyl (C=O) groups excluding carboxylic acids is 1. The van der Waals surface area contributed by atoms with Crippen LogP contribution in [-0.2, 0) is 21.1 Å². The molecule has 116 valence electrons. The zero-order valence-corrected chi connectivity index (χ0v) is 13.7. The van der Waals surface area contributed by atoms with E-state index in [4.69, 9.17) is 0 Å². The molecule has 0 radical (unpaired) electrons. The first kappa shape index (κ1) is 16.2. The average molecular weight is 317 g/mol. The molecule has 4 nitrogen and oxygen atoms in total. The van der Waals surface area contributed by atoms with E-state index in [1.165, 1.54) is 17.7 Å². The summed E-state index contributed by atoms with van der Waals surface area (Å²) in [6.45, 7) is 4.01. The molecule has 1 N–H and O–H groups in total. The second-order valence-corrected chi connectivity index (χ2v) is 7.46. The van der Waals surface area contributed by atoms with Crippen molar-refractivity contribution < 1.29 is 13.2 Å². The van der Waals surface area contributed by atoms with Gasteiger partial charge >= 0.3 is 0 Å². The first-order valence-electron chi connectivity index (χ1n) is 6.92. The monoisotopic (exact) mass is 317 g/mol. The van der Waals surface area contributed by atoms with Crippen molar-refractivity contribution >= 4 is 21.4 Å². The molecule has 0 fully saturated rings. The fourth-order valence-corrected chi connectivity index (χ4v) is 2.69. The van der Waals surface area contributed by atoms with Gasteiger partial charge in [-0.2, -0.15) is 0 Å². The van der Waals surface area contributed by atoms with Crippen LogP contribution in [-0.4, -0.2) is 20.6 Å². The lowest BCUT2D eigenvalue weighted by Crippen LogP contribution is -2.14. The Morgan fingerprint density at radius 1 is 1.00 bits per heavy atom. The first-order chi connectivity index (χ1) is 10.3. The number of nitrogens with one attached hydrogen (secondary N) is 1. The van der Waals surface area contributed by atoms with Crippen molar-refractivity contribution in [1.29, 1.82) is 0 Å². The number of benzene rings is 2. The Labute approximate surface area is 131 Å². The number of rotatable bonds is 4. The molecule has 2 aromatic rings. The summed E-state index contributed by atoms with van der Waals surface area (Å²) in [6.07, 6.45) is 1.37. The topological polar surface area (TPSA) is 63.2 Å². The van der Waals surface area contributed by atoms with E-state index in [0.717, 1.165) is 23.1 Å². The normalized spacial score (nSPS) is 11.2. The summed E-state index contributed by atoms with van der Waals surface area (Å²) in [5.41, 5.74) is 3.83. The van der Waals surface area contributed by atoms with E-state index in [1.807, 2.05) is 32.0 Å². The molecule has 5 heteroatoms. The van der Waals surface area contributed by atoms with E-state index in [0.29, 0.717) is 0 Å². The summed E-state index contributed by atoms with van der Waals surface area (Å²) in [4.78, 5) is 12.3. The third-order valence-corrected chi connectivity index (χ3v) is 4.64. The van der Waals surface area contributed by atoms with Gasteiger partial charge in [0.05, 0.1) is 11.3 Å². The highest BCUT2D eigenvalue weighted by molar-refractivity contribution is 7.90. The zero-order valence-electron chi connectivity index (χ0n) is 12.9. The SMILES string of the molecule is Cc1ccc(NC(=O)Cc2ccc(S(C)(=O)=O)cc2)cc1C. The van der Waals surface area contributed by atoms with Crippen LogP contribution in [0, 0.1) is 13.8 Å². The number of hydrogen-bond donors (Lipinski definition) is 1. The Balaban J connectivity index is 2.04. The number of aryl methyl sites for hydroxylation is 2. The van der Waals surface area contributed by atoms with E-state index in [9.17, 15) is 13.2 Å². The third kappa shape index (κ3) is 4.18. The van der Waals surface area contributed by atoms with E-state index in [1.54, 1.807) is 12.1 Å². The van der Waals surface area contributed by atoms with Gasteiger partial charge in [-0.25, -0.2) is 8.42 Å². The van der Waals surface area contributed by atoms with Crippen LogP contribution < -0.4 is 5.32 Å². The second-order valence-electron chi connectivity index (χ2n) is 5.44. The summed E-state index contributed by atoms with van der Waals surface area (Å²) < 4.78 is 22.8. The molecule has 22 heavy (non-hydrogen) atoms. The van der Waals surface area contributed by atoms with Crippen molar-refractivity contribution in [2.75, 3.05) is 11.6 Å². The van der Waals surface area contributed by atoms with Crippen LogP contribution in [0.5, 0.6) is 0 Å². The summed E-state index contributed by atoms with van der Waals surface area (Å²) in [7, 11) is -3.21. The Kier molecular flexibility index (Phi) is 4.66. The minimum Gasteiger partial charge on any atom is -0.326 e. The van der Waals surface area contributed by atoms with E-state index >= 15 is 0 Å². The quantitative estimate of drug-likeness (QED) is 0.943. The molecule has 0 aliphatic rings. The molecule has 0 bridgehead atoms. The van der Waals surface area contributed by atoms with E-state index in [-0.39, 0.29) is 17.2 Å². The number of amides is 1. The van der Waals surface area contributed by atoms with Crippen molar-refractivity contribution in [3.05, 3.63) is 59.2 Å². The molecular formula is C17H19NO3S. The predicted octanol–water partition coefficient (Wildman–Crippen LogP) is 2.89. The van der Waals surface area contributed by atoms with Gasteiger partial charge in [-0.15, -0.1) is 0 Å². The van der Waals surface area contributed by atoms with Gasteiger partial charge < -0.3 is 5.32 Å². The van der Waals surface area contributed by atoms with Crippen molar-refractivity contribution in [3.8, 4) is 0 Å². The number of sulfone groups is 1. The van der Waals surface area contributed by atoms with Crippen molar-refractivity contribution in [2.24, 2.45) is 0 Å². The number of carbonyl (C=O) groups is 1. The Hall–Kier alpha value is -2.14. The van der Waals surface area contributed by atoms with Gasteiger partial charge in [-0.1, -0.05) is 18.2 Å². The minimum absolute atomic E-state index is 0.129. The van der Waals surface area contributed by atoms with Crippen molar-refractivity contribution in [3.63, 3.8) is 0 Å². The van der Waals surface area contributed by atoms with Gasteiger partial charge in [0.1, 0.15) is 0 Å². The molecule has 0 heterocycles. The standard InChI is InChI=1S/C17H19NO3S/c1-12-4-7-15(10-13(12)2)18-17(19)11-14-5-8-16(9-6-14)22(3,20)21/h4-10H,11H2,1-3H3,(H,18,19). The highest BCUT2D eigenvalue weighted by Crippen LogP contribution is 2.15. The third-order valence-electron chi connectivity index (χ3n) is 3.51. The summed E-state index contributed by atoms with van der Waals surface area (Å²) in [5.74, 6) is -0.129.